The second-order valence-electron chi connectivity index (χ2n) is 7.20. The van der Waals surface area contributed by atoms with Crippen molar-refractivity contribution in [2.45, 2.75) is 32.9 Å². The second-order valence-corrected chi connectivity index (χ2v) is 7.20. The lowest BCUT2D eigenvalue weighted by Crippen LogP contribution is -2.50. The van der Waals surface area contributed by atoms with E-state index >= 15 is 0 Å². The van der Waals surface area contributed by atoms with Gasteiger partial charge in [0.2, 0.25) is 5.91 Å². The summed E-state index contributed by atoms with van der Waals surface area (Å²) in [5.41, 5.74) is 1.37. The summed E-state index contributed by atoms with van der Waals surface area (Å²) in [7, 11) is 0. The van der Waals surface area contributed by atoms with Crippen LogP contribution in [0.5, 0.6) is 0 Å². The Morgan fingerprint density at radius 3 is 2.60 bits per heavy atom. The van der Waals surface area contributed by atoms with Gasteiger partial charge in [0.1, 0.15) is 6.61 Å². The van der Waals surface area contributed by atoms with Crippen LogP contribution in [0, 0.1) is 5.92 Å². The Morgan fingerprint density at radius 1 is 1.17 bits per heavy atom. The molecule has 2 aliphatic heterocycles. The number of ether oxygens (including phenoxy) is 2. The van der Waals surface area contributed by atoms with Crippen molar-refractivity contribution in [3.8, 4) is 0 Å². The van der Waals surface area contributed by atoms with Crippen LogP contribution in [0.2, 0.25) is 0 Å². The van der Waals surface area contributed by atoms with E-state index in [4.69, 9.17) is 9.47 Å². The van der Waals surface area contributed by atoms with Gasteiger partial charge >= 0.3 is 18.0 Å². The molecule has 0 radical (unpaired) electrons. The van der Waals surface area contributed by atoms with Crippen LogP contribution in [0.3, 0.4) is 0 Å². The first-order valence-corrected chi connectivity index (χ1v) is 9.85. The van der Waals surface area contributed by atoms with E-state index < -0.39 is 29.9 Å². The van der Waals surface area contributed by atoms with Crippen molar-refractivity contribution in [2.24, 2.45) is 5.92 Å². The molecule has 9 nitrogen and oxygen atoms in total. The van der Waals surface area contributed by atoms with Crippen molar-refractivity contribution < 1.29 is 28.7 Å². The molecular weight excluding hydrogens is 390 g/mol. The minimum absolute atomic E-state index is 0.0692. The number of nitrogens with one attached hydrogen (secondary N) is 2. The van der Waals surface area contributed by atoms with Gasteiger partial charge in [-0.25, -0.2) is 9.59 Å². The standard InChI is InChI=1S/C21H25N3O6/c1-3-29-20(27)18-13(2)22-21(28)23-16(18)12-30-19(26)15-9-17(25)24(11-15)10-14-7-5-4-6-8-14/h4-8,13,15H,3,9-12H2,1-2H3,(H2,22,23,28)/t13-,15-/m0/s1. The fourth-order valence-electron chi connectivity index (χ4n) is 3.54. The molecule has 0 saturated carbocycles. The molecule has 2 N–H and O–H groups in total. The summed E-state index contributed by atoms with van der Waals surface area (Å²) >= 11 is 0. The molecule has 160 valence electrons. The Balaban J connectivity index is 1.62. The third-order valence-electron chi connectivity index (χ3n) is 4.99. The summed E-state index contributed by atoms with van der Waals surface area (Å²) < 4.78 is 10.4. The number of hydrogen-bond donors (Lipinski definition) is 2. The molecule has 1 fully saturated rings. The number of hydrogen-bond acceptors (Lipinski definition) is 6. The van der Waals surface area contributed by atoms with E-state index in [1.54, 1.807) is 18.7 Å². The van der Waals surface area contributed by atoms with Crippen LogP contribution in [-0.2, 0) is 30.4 Å². The zero-order valence-corrected chi connectivity index (χ0v) is 17.0. The molecule has 3 amide bonds. The monoisotopic (exact) mass is 415 g/mol. The SMILES string of the molecule is CCOC(=O)C1=C(COC(=O)[C@H]2CC(=O)N(Cc3ccccc3)C2)NC(=O)N[C@H]1C. The first-order valence-electron chi connectivity index (χ1n) is 9.85. The van der Waals surface area contributed by atoms with Crippen LogP contribution in [0.25, 0.3) is 0 Å². The van der Waals surface area contributed by atoms with E-state index in [1.807, 2.05) is 30.3 Å². The molecule has 1 aromatic carbocycles. The molecule has 0 aromatic heterocycles. The summed E-state index contributed by atoms with van der Waals surface area (Å²) in [5.74, 6) is -1.84. The van der Waals surface area contributed by atoms with E-state index in [0.29, 0.717) is 6.54 Å². The molecule has 3 rings (SSSR count). The quantitative estimate of drug-likeness (QED) is 0.645. The zero-order valence-electron chi connectivity index (χ0n) is 17.0. The average Bonchev–Trinajstić information content (AvgIpc) is 3.07. The number of esters is 2. The smallest absolute Gasteiger partial charge is 0.338 e. The van der Waals surface area contributed by atoms with Gasteiger partial charge in [0, 0.05) is 19.5 Å². The molecule has 1 aromatic rings. The highest BCUT2D eigenvalue weighted by molar-refractivity contribution is 5.95. The van der Waals surface area contributed by atoms with Crippen LogP contribution in [0.15, 0.2) is 41.6 Å². The molecule has 2 aliphatic rings. The van der Waals surface area contributed by atoms with Gasteiger partial charge < -0.3 is 25.0 Å². The Hall–Kier alpha value is -3.36. The third kappa shape index (κ3) is 4.97. The van der Waals surface area contributed by atoms with E-state index in [0.717, 1.165) is 5.56 Å². The van der Waals surface area contributed by atoms with Crippen molar-refractivity contribution in [1.29, 1.82) is 0 Å². The maximum Gasteiger partial charge on any atom is 0.338 e. The highest BCUT2D eigenvalue weighted by Crippen LogP contribution is 2.22. The molecule has 0 unspecified atom stereocenters. The van der Waals surface area contributed by atoms with Crippen molar-refractivity contribution in [3.63, 3.8) is 0 Å². The molecule has 0 bridgehead atoms. The molecule has 0 spiro atoms. The first-order chi connectivity index (χ1) is 14.4. The summed E-state index contributed by atoms with van der Waals surface area (Å²) in [4.78, 5) is 50.4. The predicted molar refractivity (Wildman–Crippen MR) is 106 cm³/mol. The van der Waals surface area contributed by atoms with E-state index in [9.17, 15) is 19.2 Å². The Kier molecular flexibility index (Phi) is 6.71. The van der Waals surface area contributed by atoms with Crippen LogP contribution in [0.1, 0.15) is 25.8 Å². The molecule has 1 saturated heterocycles. The maximum atomic E-state index is 12.5. The van der Waals surface area contributed by atoms with Gasteiger partial charge in [-0.3, -0.25) is 9.59 Å². The normalized spacial score (nSPS) is 21.2. The largest absolute Gasteiger partial charge is 0.463 e. The summed E-state index contributed by atoms with van der Waals surface area (Å²) in [6.45, 7) is 3.91. The lowest BCUT2D eigenvalue weighted by atomic mass is 10.0. The van der Waals surface area contributed by atoms with Crippen molar-refractivity contribution in [2.75, 3.05) is 19.8 Å². The van der Waals surface area contributed by atoms with Gasteiger partial charge in [0.15, 0.2) is 0 Å². The van der Waals surface area contributed by atoms with Crippen molar-refractivity contribution in [1.82, 2.24) is 15.5 Å². The Bertz CT molecular complexity index is 867. The maximum absolute atomic E-state index is 12.5. The number of carbonyl (C=O) groups is 4. The summed E-state index contributed by atoms with van der Waals surface area (Å²) in [6, 6.07) is 8.45. The van der Waals surface area contributed by atoms with Crippen LogP contribution >= 0.6 is 0 Å². The number of benzene rings is 1. The number of rotatable bonds is 7. The lowest BCUT2D eigenvalue weighted by Gasteiger charge is -2.26. The van der Waals surface area contributed by atoms with Gasteiger partial charge in [-0.05, 0) is 19.4 Å². The van der Waals surface area contributed by atoms with Gasteiger partial charge in [-0.1, -0.05) is 30.3 Å². The minimum Gasteiger partial charge on any atom is -0.463 e. The van der Waals surface area contributed by atoms with Gasteiger partial charge in [-0.2, -0.15) is 0 Å². The van der Waals surface area contributed by atoms with Crippen LogP contribution in [-0.4, -0.2) is 54.6 Å². The topological polar surface area (TPSA) is 114 Å². The molecule has 9 heteroatoms. The second kappa shape index (κ2) is 9.43. The highest BCUT2D eigenvalue weighted by Gasteiger charge is 2.36. The van der Waals surface area contributed by atoms with Gasteiger partial charge in [0.05, 0.1) is 29.8 Å². The number of carbonyl (C=O) groups excluding carboxylic acids is 4. The molecule has 30 heavy (non-hydrogen) atoms. The van der Waals surface area contributed by atoms with E-state index in [-0.39, 0.29) is 43.4 Å². The molecule has 0 aliphatic carbocycles. The Morgan fingerprint density at radius 2 is 1.90 bits per heavy atom. The summed E-state index contributed by atoms with van der Waals surface area (Å²) in [6.07, 6.45) is 0.0692. The predicted octanol–water partition coefficient (Wildman–Crippen LogP) is 1.10. The first kappa shape index (κ1) is 21.4. The van der Waals surface area contributed by atoms with Gasteiger partial charge in [0.25, 0.3) is 0 Å². The van der Waals surface area contributed by atoms with Crippen molar-refractivity contribution >= 4 is 23.9 Å². The van der Waals surface area contributed by atoms with Crippen LogP contribution < -0.4 is 10.6 Å². The van der Waals surface area contributed by atoms with Gasteiger partial charge in [-0.15, -0.1) is 0 Å². The fraction of sp³-hybridized carbons (Fsp3) is 0.429. The average molecular weight is 415 g/mol. The number of likely N-dealkylation sites (tertiary alicyclic amines) is 1. The van der Waals surface area contributed by atoms with Crippen molar-refractivity contribution in [3.05, 3.63) is 47.2 Å². The number of nitrogens with zero attached hydrogens (tertiary/aromatic N) is 1. The molecule has 2 atom stereocenters. The molecule has 2 heterocycles. The lowest BCUT2D eigenvalue weighted by molar-refractivity contribution is -0.148. The van der Waals surface area contributed by atoms with E-state index in [2.05, 4.69) is 10.6 Å². The number of urea groups is 1. The molecular formula is C21H25N3O6. The fourth-order valence-corrected chi connectivity index (χ4v) is 3.54. The zero-order chi connectivity index (χ0) is 21.7. The summed E-state index contributed by atoms with van der Waals surface area (Å²) in [5, 5.41) is 5.08. The van der Waals surface area contributed by atoms with Crippen LogP contribution in [0.4, 0.5) is 4.79 Å². The number of amides is 3. The third-order valence-corrected chi connectivity index (χ3v) is 4.99. The Labute approximate surface area is 174 Å². The highest BCUT2D eigenvalue weighted by atomic mass is 16.5. The van der Waals surface area contributed by atoms with E-state index in [1.165, 1.54) is 0 Å². The minimum atomic E-state index is -0.595.